The number of hydrogen-bond donors (Lipinski definition) is 1. The Labute approximate surface area is 242 Å². The molecule has 0 saturated carbocycles. The normalized spacial score (nSPS) is 15.4. The standard InChI is InChI=1S/C31H31F2N5O2S/c1-19-7-5-9-22(13-19)38-30-27(29(36-38)31(2,3)4)28(23-11-10-21(32)14-24(23)33)41-18-26(40)37(30)17-25(39)35-16-20-8-6-12-34-15-20/h5-15,28H,16-18H2,1-4H3,(H,35,39). The molecule has 212 valence electrons. The molecule has 1 atom stereocenters. The summed E-state index contributed by atoms with van der Waals surface area (Å²) in [7, 11) is 0. The molecule has 41 heavy (non-hydrogen) atoms. The summed E-state index contributed by atoms with van der Waals surface area (Å²) in [5, 5.41) is 7.21. The number of halogens is 2. The Bertz CT molecular complexity index is 1600. The van der Waals surface area contributed by atoms with Crippen molar-refractivity contribution in [1.82, 2.24) is 20.1 Å². The Morgan fingerprint density at radius 2 is 1.93 bits per heavy atom. The van der Waals surface area contributed by atoms with Crippen LogP contribution in [0.15, 0.2) is 67.0 Å². The molecule has 0 bridgehead atoms. The highest BCUT2D eigenvalue weighted by Crippen LogP contribution is 2.49. The molecular weight excluding hydrogens is 544 g/mol. The number of fused-ring (bicyclic) bond motifs is 1. The fourth-order valence-corrected chi connectivity index (χ4v) is 6.09. The molecule has 1 aliphatic heterocycles. The molecule has 2 aromatic heterocycles. The van der Waals surface area contributed by atoms with Crippen LogP contribution in [0.1, 0.15) is 54.0 Å². The molecule has 0 radical (unpaired) electrons. The number of nitrogens with zero attached hydrogens (tertiary/aromatic N) is 4. The van der Waals surface area contributed by atoms with Crippen molar-refractivity contribution in [3.63, 3.8) is 0 Å². The minimum Gasteiger partial charge on any atom is -0.350 e. The Hall–Kier alpha value is -4.05. The number of pyridine rings is 1. The van der Waals surface area contributed by atoms with Gasteiger partial charge in [-0.05, 0) is 42.3 Å². The van der Waals surface area contributed by atoms with Crippen LogP contribution >= 0.6 is 11.8 Å². The van der Waals surface area contributed by atoms with E-state index in [2.05, 4.69) is 10.3 Å². The summed E-state index contributed by atoms with van der Waals surface area (Å²) in [6.07, 6.45) is 3.32. The molecule has 0 saturated heterocycles. The third-order valence-corrected chi connectivity index (χ3v) is 8.04. The van der Waals surface area contributed by atoms with Crippen molar-refractivity contribution in [1.29, 1.82) is 0 Å². The summed E-state index contributed by atoms with van der Waals surface area (Å²) < 4.78 is 30.9. The molecule has 1 aliphatic rings. The van der Waals surface area contributed by atoms with Crippen molar-refractivity contribution in [2.24, 2.45) is 0 Å². The first-order chi connectivity index (χ1) is 19.5. The number of aromatic nitrogens is 3. The van der Waals surface area contributed by atoms with E-state index < -0.39 is 22.3 Å². The summed E-state index contributed by atoms with van der Waals surface area (Å²) >= 11 is 1.24. The number of anilines is 1. The van der Waals surface area contributed by atoms with E-state index in [1.165, 1.54) is 28.8 Å². The maximum absolute atomic E-state index is 15.3. The van der Waals surface area contributed by atoms with E-state index in [1.54, 1.807) is 23.1 Å². The van der Waals surface area contributed by atoms with Gasteiger partial charge in [-0.1, -0.05) is 45.0 Å². The lowest BCUT2D eigenvalue weighted by molar-refractivity contribution is -0.123. The first-order valence-electron chi connectivity index (χ1n) is 13.3. The highest BCUT2D eigenvalue weighted by molar-refractivity contribution is 8.00. The number of hydrogen-bond acceptors (Lipinski definition) is 5. The van der Waals surface area contributed by atoms with Crippen molar-refractivity contribution in [3.8, 4) is 5.69 Å². The van der Waals surface area contributed by atoms with Crippen LogP contribution in [0.2, 0.25) is 0 Å². The molecule has 2 amide bonds. The van der Waals surface area contributed by atoms with Gasteiger partial charge < -0.3 is 5.32 Å². The molecule has 1 N–H and O–H groups in total. The Balaban J connectivity index is 1.67. The second kappa shape index (κ2) is 11.4. The summed E-state index contributed by atoms with van der Waals surface area (Å²) in [5.74, 6) is -1.67. The van der Waals surface area contributed by atoms with E-state index >= 15 is 4.39 Å². The van der Waals surface area contributed by atoms with Gasteiger partial charge in [-0.3, -0.25) is 19.5 Å². The molecule has 3 heterocycles. The molecule has 2 aromatic carbocycles. The molecule has 7 nitrogen and oxygen atoms in total. The van der Waals surface area contributed by atoms with Gasteiger partial charge >= 0.3 is 0 Å². The lowest BCUT2D eigenvalue weighted by Crippen LogP contribution is -2.42. The van der Waals surface area contributed by atoms with Crippen molar-refractivity contribution in [2.75, 3.05) is 17.2 Å². The van der Waals surface area contributed by atoms with Gasteiger partial charge in [0.05, 0.1) is 22.4 Å². The maximum atomic E-state index is 15.3. The van der Waals surface area contributed by atoms with Gasteiger partial charge in [0.15, 0.2) is 0 Å². The van der Waals surface area contributed by atoms with Crippen LogP contribution in [-0.4, -0.2) is 38.9 Å². The van der Waals surface area contributed by atoms with Crippen molar-refractivity contribution >= 4 is 29.4 Å². The van der Waals surface area contributed by atoms with Crippen LogP contribution < -0.4 is 10.2 Å². The smallest absolute Gasteiger partial charge is 0.240 e. The van der Waals surface area contributed by atoms with Crippen LogP contribution in [0.25, 0.3) is 5.69 Å². The van der Waals surface area contributed by atoms with E-state index in [0.29, 0.717) is 22.8 Å². The fourth-order valence-electron chi connectivity index (χ4n) is 4.88. The average Bonchev–Trinajstić information content (AvgIpc) is 3.27. The topological polar surface area (TPSA) is 80.1 Å². The second-order valence-electron chi connectivity index (χ2n) is 11.1. The molecule has 1 unspecified atom stereocenters. The molecular formula is C31H31F2N5O2S. The predicted molar refractivity (Wildman–Crippen MR) is 156 cm³/mol. The average molecular weight is 576 g/mol. The third-order valence-electron chi connectivity index (χ3n) is 6.80. The zero-order valence-electron chi connectivity index (χ0n) is 23.3. The van der Waals surface area contributed by atoms with Gasteiger partial charge in [0, 0.05) is 41.5 Å². The van der Waals surface area contributed by atoms with Gasteiger partial charge in [0.1, 0.15) is 24.0 Å². The number of amides is 2. The number of aryl methyl sites for hydroxylation is 1. The third kappa shape index (κ3) is 6.02. The van der Waals surface area contributed by atoms with Gasteiger partial charge in [-0.25, -0.2) is 13.5 Å². The van der Waals surface area contributed by atoms with E-state index in [-0.39, 0.29) is 36.2 Å². The van der Waals surface area contributed by atoms with Gasteiger partial charge in [-0.15, -0.1) is 11.8 Å². The summed E-state index contributed by atoms with van der Waals surface area (Å²) in [6, 6.07) is 14.8. The van der Waals surface area contributed by atoms with Crippen molar-refractivity contribution in [3.05, 3.63) is 107 Å². The maximum Gasteiger partial charge on any atom is 0.240 e. The number of nitrogens with one attached hydrogen (secondary N) is 1. The lowest BCUT2D eigenvalue weighted by Gasteiger charge is -2.24. The predicted octanol–water partition coefficient (Wildman–Crippen LogP) is 5.64. The SMILES string of the molecule is Cc1cccc(-n2nc(C(C)(C)C)c3c2N(CC(=O)NCc2cccnc2)C(=O)CSC3c2ccc(F)cc2F)c1. The second-order valence-corrected chi connectivity index (χ2v) is 12.2. The quantitative estimate of drug-likeness (QED) is 0.322. The van der Waals surface area contributed by atoms with Crippen LogP contribution in [0.3, 0.4) is 0 Å². The first-order valence-corrected chi connectivity index (χ1v) is 14.3. The number of benzene rings is 2. The zero-order chi connectivity index (χ0) is 29.3. The van der Waals surface area contributed by atoms with E-state index in [0.717, 1.165) is 17.2 Å². The minimum atomic E-state index is -0.702. The van der Waals surface area contributed by atoms with Crippen LogP contribution in [0.5, 0.6) is 0 Å². The van der Waals surface area contributed by atoms with Gasteiger partial charge in [0.2, 0.25) is 11.8 Å². The Morgan fingerprint density at radius 3 is 2.61 bits per heavy atom. The summed E-state index contributed by atoms with van der Waals surface area (Å²) in [5.41, 5.74) is 3.55. The van der Waals surface area contributed by atoms with E-state index in [4.69, 9.17) is 5.10 Å². The highest BCUT2D eigenvalue weighted by atomic mass is 32.2. The van der Waals surface area contributed by atoms with Crippen LogP contribution in [-0.2, 0) is 21.5 Å². The van der Waals surface area contributed by atoms with Crippen LogP contribution in [0, 0.1) is 18.6 Å². The fraction of sp³-hybridized carbons (Fsp3) is 0.290. The molecule has 5 rings (SSSR count). The highest BCUT2D eigenvalue weighted by Gasteiger charge is 2.40. The van der Waals surface area contributed by atoms with E-state index in [9.17, 15) is 14.0 Å². The van der Waals surface area contributed by atoms with Gasteiger partial charge in [-0.2, -0.15) is 5.10 Å². The molecule has 0 fully saturated rings. The largest absolute Gasteiger partial charge is 0.350 e. The van der Waals surface area contributed by atoms with Crippen molar-refractivity contribution in [2.45, 2.75) is 44.9 Å². The lowest BCUT2D eigenvalue weighted by atomic mass is 9.87. The molecule has 10 heteroatoms. The monoisotopic (exact) mass is 575 g/mol. The summed E-state index contributed by atoms with van der Waals surface area (Å²) in [4.78, 5) is 32.5. The van der Waals surface area contributed by atoms with Crippen molar-refractivity contribution < 1.29 is 18.4 Å². The number of rotatable bonds is 6. The van der Waals surface area contributed by atoms with Crippen LogP contribution in [0.4, 0.5) is 14.6 Å². The zero-order valence-corrected chi connectivity index (χ0v) is 24.1. The molecule has 0 spiro atoms. The number of carbonyl (C=O) groups excluding carboxylic acids is 2. The first kappa shape index (κ1) is 28.5. The Morgan fingerprint density at radius 1 is 1.12 bits per heavy atom. The Kier molecular flexibility index (Phi) is 7.95. The molecule has 4 aromatic rings. The summed E-state index contributed by atoms with van der Waals surface area (Å²) in [6.45, 7) is 7.94. The number of thioether (sulfide) groups is 1. The number of carbonyl (C=O) groups is 2. The van der Waals surface area contributed by atoms with Gasteiger partial charge in [0.25, 0.3) is 0 Å². The minimum absolute atomic E-state index is 0.0105. The van der Waals surface area contributed by atoms with E-state index in [1.807, 2.05) is 58.0 Å². The molecule has 0 aliphatic carbocycles.